The van der Waals surface area contributed by atoms with Crippen LogP contribution in [0.25, 0.3) is 0 Å². The topological polar surface area (TPSA) is 27.5 Å². The molecule has 0 amide bonds. The summed E-state index contributed by atoms with van der Waals surface area (Å²) in [6, 6.07) is 0. The summed E-state index contributed by atoms with van der Waals surface area (Å²) in [4.78, 5) is 0. The molecule has 2 nitrogen and oxygen atoms in total. The van der Waals surface area contributed by atoms with Gasteiger partial charge < -0.3 is 10.3 Å². The van der Waals surface area contributed by atoms with E-state index in [1.807, 2.05) is 0 Å². The van der Waals surface area contributed by atoms with E-state index < -0.39 is 0 Å². The number of hydrogen-bond donors (Lipinski definition) is 1. The van der Waals surface area contributed by atoms with Gasteiger partial charge in [0.2, 0.25) is 0 Å². The number of rotatable bonds is 30. The Morgan fingerprint density at radius 3 is 0.857 bits per heavy atom. The molecule has 0 aliphatic heterocycles. The van der Waals surface area contributed by atoms with Crippen LogP contribution in [-0.4, -0.2) is 13.6 Å². The van der Waals surface area contributed by atoms with Crippen molar-refractivity contribution in [2.75, 3.05) is 13.6 Å². The highest BCUT2D eigenvalue weighted by molar-refractivity contribution is 4.60. The van der Waals surface area contributed by atoms with Gasteiger partial charge in [-0.1, -0.05) is 181 Å². The van der Waals surface area contributed by atoms with Gasteiger partial charge in [-0.05, 0) is 12.8 Å². The van der Waals surface area contributed by atoms with E-state index in [0.29, 0.717) is 11.0 Å². The molecule has 212 valence electrons. The van der Waals surface area contributed by atoms with Gasteiger partial charge in [-0.3, -0.25) is 0 Å². The number of hydrogen-bond acceptors (Lipinski definition) is 1. The minimum atomic E-state index is 0.402. The molecule has 2 atom stereocenters. The zero-order valence-electron chi connectivity index (χ0n) is 25.0. The molecular formula is C33H69NO. The van der Waals surface area contributed by atoms with Crippen molar-refractivity contribution in [3.8, 4) is 0 Å². The normalized spacial score (nSPS) is 13.4. The van der Waals surface area contributed by atoms with E-state index in [1.165, 1.54) is 180 Å². The summed E-state index contributed by atoms with van der Waals surface area (Å²) in [5, 5.41) is 12.1. The van der Waals surface area contributed by atoms with Gasteiger partial charge in [0.1, 0.15) is 0 Å². The molecule has 35 heavy (non-hydrogen) atoms. The van der Waals surface area contributed by atoms with E-state index >= 15 is 0 Å². The Hall–Kier alpha value is -0.0800. The SMILES string of the molecule is CCCCCCCCCCCCCCCCC(CCCCCCCCCCCCCC)C[NH+](C)[O-]. The predicted octanol–water partition coefficient (Wildman–Crippen LogP) is 10.6. The van der Waals surface area contributed by atoms with Crippen molar-refractivity contribution in [2.24, 2.45) is 5.92 Å². The van der Waals surface area contributed by atoms with Crippen LogP contribution >= 0.6 is 0 Å². The second kappa shape index (κ2) is 30.1. The summed E-state index contributed by atoms with van der Waals surface area (Å²) in [7, 11) is 1.79. The van der Waals surface area contributed by atoms with E-state index in [2.05, 4.69) is 13.8 Å². The van der Waals surface area contributed by atoms with Crippen molar-refractivity contribution in [3.05, 3.63) is 5.21 Å². The summed E-state index contributed by atoms with van der Waals surface area (Å²) in [5.74, 6) is 0.660. The Kier molecular flexibility index (Phi) is 30.1. The van der Waals surface area contributed by atoms with E-state index in [9.17, 15) is 5.21 Å². The monoisotopic (exact) mass is 496 g/mol. The van der Waals surface area contributed by atoms with Crippen molar-refractivity contribution in [1.29, 1.82) is 0 Å². The van der Waals surface area contributed by atoms with Crippen molar-refractivity contribution in [3.63, 3.8) is 0 Å². The van der Waals surface area contributed by atoms with Crippen LogP contribution in [0, 0.1) is 11.1 Å². The third-order valence-electron chi connectivity index (χ3n) is 8.01. The molecule has 0 saturated carbocycles. The van der Waals surface area contributed by atoms with Crippen LogP contribution in [0.5, 0.6) is 0 Å². The lowest BCUT2D eigenvalue weighted by Crippen LogP contribution is -3.04. The molecule has 0 aliphatic carbocycles. The van der Waals surface area contributed by atoms with Gasteiger partial charge in [0.15, 0.2) is 0 Å². The molecule has 0 rings (SSSR count). The molecule has 0 saturated heterocycles. The summed E-state index contributed by atoms with van der Waals surface area (Å²) < 4.78 is 0. The summed E-state index contributed by atoms with van der Waals surface area (Å²) in [6.45, 7) is 5.42. The molecule has 0 aromatic rings. The first-order valence-electron chi connectivity index (χ1n) is 16.7. The lowest BCUT2D eigenvalue weighted by molar-refractivity contribution is -0.830. The highest BCUT2D eigenvalue weighted by Gasteiger charge is 2.11. The van der Waals surface area contributed by atoms with Crippen molar-refractivity contribution < 1.29 is 5.06 Å². The first kappa shape index (κ1) is 34.9. The molecule has 0 aromatic heterocycles. The maximum Gasteiger partial charge on any atom is 0.0794 e. The molecule has 0 radical (unpaired) electrons. The van der Waals surface area contributed by atoms with Gasteiger partial charge in [0.25, 0.3) is 0 Å². The van der Waals surface area contributed by atoms with Crippen LogP contribution < -0.4 is 5.06 Å². The molecule has 1 N–H and O–H groups in total. The molecule has 0 spiro atoms. The quantitative estimate of drug-likeness (QED) is 0.0778. The van der Waals surface area contributed by atoms with E-state index in [4.69, 9.17) is 0 Å². The largest absolute Gasteiger partial charge is 0.634 e. The first-order valence-corrected chi connectivity index (χ1v) is 16.7. The molecule has 2 heteroatoms. The van der Waals surface area contributed by atoms with Crippen LogP contribution in [0.2, 0.25) is 0 Å². The Balaban J connectivity index is 3.49. The average Bonchev–Trinajstić information content (AvgIpc) is 2.84. The molecule has 0 fully saturated rings. The Labute approximate surface area is 223 Å². The van der Waals surface area contributed by atoms with Crippen LogP contribution in [0.1, 0.15) is 194 Å². The molecule has 0 aliphatic rings. The third kappa shape index (κ3) is 30.0. The van der Waals surface area contributed by atoms with Gasteiger partial charge in [0.05, 0.1) is 13.6 Å². The fraction of sp³-hybridized carbons (Fsp3) is 1.00. The fourth-order valence-electron chi connectivity index (χ4n) is 5.66. The minimum absolute atomic E-state index is 0.402. The van der Waals surface area contributed by atoms with Crippen molar-refractivity contribution >= 4 is 0 Å². The highest BCUT2D eigenvalue weighted by Crippen LogP contribution is 2.19. The second-order valence-corrected chi connectivity index (χ2v) is 11.8. The summed E-state index contributed by atoms with van der Waals surface area (Å²) >= 11 is 0. The standard InChI is InChI=1S/C33H69NO/c1-4-6-8-10-12-14-16-18-19-21-23-25-27-29-31-33(32-34(3)35)30-28-26-24-22-20-17-15-13-11-9-7-5-2/h33-34H,4-32H2,1-3H3. The number of hydroxylamine groups is 2. The van der Waals surface area contributed by atoms with Gasteiger partial charge in [-0.25, -0.2) is 0 Å². The molecular weight excluding hydrogens is 426 g/mol. The Bertz CT molecular complexity index is 370. The number of nitrogens with one attached hydrogen (secondary N) is 1. The predicted molar refractivity (Wildman–Crippen MR) is 159 cm³/mol. The molecule has 0 bridgehead atoms. The first-order chi connectivity index (χ1) is 17.2. The average molecular weight is 496 g/mol. The number of unbranched alkanes of at least 4 members (excludes halogenated alkanes) is 24. The van der Waals surface area contributed by atoms with E-state index in [0.717, 1.165) is 6.54 Å². The number of quaternary nitrogens is 1. The zero-order chi connectivity index (χ0) is 25.7. The summed E-state index contributed by atoms with van der Waals surface area (Å²) in [5.41, 5.74) is 0. The van der Waals surface area contributed by atoms with Gasteiger partial charge >= 0.3 is 0 Å². The van der Waals surface area contributed by atoms with Crippen LogP contribution in [0.15, 0.2) is 0 Å². The Morgan fingerprint density at radius 2 is 0.629 bits per heavy atom. The third-order valence-corrected chi connectivity index (χ3v) is 8.01. The van der Waals surface area contributed by atoms with E-state index in [-0.39, 0.29) is 0 Å². The summed E-state index contributed by atoms with van der Waals surface area (Å²) in [6.07, 6.45) is 39.5. The van der Waals surface area contributed by atoms with Crippen molar-refractivity contribution in [1.82, 2.24) is 0 Å². The van der Waals surface area contributed by atoms with E-state index in [1.54, 1.807) is 7.05 Å². The maximum atomic E-state index is 11.7. The van der Waals surface area contributed by atoms with Crippen LogP contribution in [-0.2, 0) is 0 Å². The fourth-order valence-corrected chi connectivity index (χ4v) is 5.66. The zero-order valence-corrected chi connectivity index (χ0v) is 25.0. The second-order valence-electron chi connectivity index (χ2n) is 11.8. The highest BCUT2D eigenvalue weighted by atomic mass is 16.5. The van der Waals surface area contributed by atoms with Crippen LogP contribution in [0.3, 0.4) is 0 Å². The Morgan fingerprint density at radius 1 is 0.400 bits per heavy atom. The minimum Gasteiger partial charge on any atom is -0.634 e. The lowest BCUT2D eigenvalue weighted by atomic mass is 9.94. The molecule has 0 heterocycles. The maximum absolute atomic E-state index is 11.7. The van der Waals surface area contributed by atoms with Gasteiger partial charge in [0, 0.05) is 5.92 Å². The van der Waals surface area contributed by atoms with Gasteiger partial charge in [-0.2, -0.15) is 0 Å². The van der Waals surface area contributed by atoms with Crippen LogP contribution in [0.4, 0.5) is 0 Å². The van der Waals surface area contributed by atoms with Gasteiger partial charge in [-0.15, -0.1) is 0 Å². The molecule has 0 aromatic carbocycles. The smallest absolute Gasteiger partial charge is 0.0794 e. The molecule has 2 unspecified atom stereocenters. The van der Waals surface area contributed by atoms with Crippen molar-refractivity contribution in [2.45, 2.75) is 194 Å². The lowest BCUT2D eigenvalue weighted by Gasteiger charge is -2.23.